The summed E-state index contributed by atoms with van der Waals surface area (Å²) in [5.41, 5.74) is -0.640. The van der Waals surface area contributed by atoms with Crippen molar-refractivity contribution in [3.63, 3.8) is 0 Å². The summed E-state index contributed by atoms with van der Waals surface area (Å²) in [4.78, 5) is 28.7. The molecule has 0 aromatic carbocycles. The fourth-order valence-corrected chi connectivity index (χ4v) is 3.48. The molecule has 1 aliphatic carbocycles. The van der Waals surface area contributed by atoms with Gasteiger partial charge < -0.3 is 14.5 Å². The number of amides is 2. The minimum Gasteiger partial charge on any atom is -0.365 e. The summed E-state index contributed by atoms with van der Waals surface area (Å²) in [6, 6.07) is 0. The predicted molar refractivity (Wildman–Crippen MR) is 78.7 cm³/mol. The highest BCUT2D eigenvalue weighted by molar-refractivity contribution is 5.85. The first-order valence-corrected chi connectivity index (χ1v) is 8.32. The van der Waals surface area contributed by atoms with Crippen LogP contribution in [-0.4, -0.2) is 60.0 Å². The van der Waals surface area contributed by atoms with Gasteiger partial charge in [-0.2, -0.15) is 0 Å². The van der Waals surface area contributed by atoms with Crippen LogP contribution in [0.5, 0.6) is 0 Å². The van der Waals surface area contributed by atoms with Crippen LogP contribution in [0, 0.1) is 5.92 Å². The molecule has 118 valence electrons. The van der Waals surface area contributed by atoms with Crippen molar-refractivity contribution in [2.45, 2.75) is 51.0 Å². The van der Waals surface area contributed by atoms with Gasteiger partial charge in [0.1, 0.15) is 5.60 Å². The highest BCUT2D eigenvalue weighted by atomic mass is 16.5. The van der Waals surface area contributed by atoms with Crippen molar-refractivity contribution in [3.8, 4) is 0 Å². The lowest BCUT2D eigenvalue weighted by molar-refractivity contribution is -0.165. The third-order valence-electron chi connectivity index (χ3n) is 5.25. The summed E-state index contributed by atoms with van der Waals surface area (Å²) in [5.74, 6) is 0.665. The molecule has 5 nitrogen and oxygen atoms in total. The van der Waals surface area contributed by atoms with E-state index < -0.39 is 5.60 Å². The Labute approximate surface area is 126 Å². The molecular weight excluding hydrogens is 268 g/mol. The average Bonchev–Trinajstić information content (AvgIpc) is 2.45. The Bertz CT molecular complexity index is 406. The fraction of sp³-hybridized carbons (Fsp3) is 0.875. The predicted octanol–water partition coefficient (Wildman–Crippen LogP) is 1.42. The van der Waals surface area contributed by atoms with Crippen molar-refractivity contribution in [2.75, 3.05) is 32.8 Å². The first-order chi connectivity index (χ1) is 10.1. The Morgan fingerprint density at radius 2 is 1.67 bits per heavy atom. The Hall–Kier alpha value is -1.10. The van der Waals surface area contributed by atoms with E-state index in [1.165, 1.54) is 6.42 Å². The molecule has 0 unspecified atom stereocenters. The minimum absolute atomic E-state index is 0.109. The van der Waals surface area contributed by atoms with Gasteiger partial charge in [-0.3, -0.25) is 9.59 Å². The largest absolute Gasteiger partial charge is 0.365 e. The van der Waals surface area contributed by atoms with Gasteiger partial charge >= 0.3 is 0 Å². The number of nitrogens with zero attached hydrogens (tertiary/aromatic N) is 2. The average molecular weight is 294 g/mol. The molecule has 3 rings (SSSR count). The van der Waals surface area contributed by atoms with E-state index in [0.717, 1.165) is 32.1 Å². The van der Waals surface area contributed by atoms with Gasteiger partial charge in [-0.15, -0.1) is 0 Å². The molecule has 0 radical (unpaired) electrons. The molecule has 0 aromatic heterocycles. The number of rotatable bonds is 2. The lowest BCUT2D eigenvalue weighted by Gasteiger charge is -2.42. The minimum atomic E-state index is -0.640. The van der Waals surface area contributed by atoms with Gasteiger partial charge in [0.2, 0.25) is 5.91 Å². The second-order valence-corrected chi connectivity index (χ2v) is 6.78. The highest BCUT2D eigenvalue weighted by Gasteiger charge is 2.40. The smallest absolute Gasteiger partial charge is 0.254 e. The van der Waals surface area contributed by atoms with Crippen LogP contribution in [0.4, 0.5) is 0 Å². The van der Waals surface area contributed by atoms with Gasteiger partial charge in [0.05, 0.1) is 0 Å². The van der Waals surface area contributed by atoms with E-state index in [4.69, 9.17) is 4.74 Å². The zero-order valence-electron chi connectivity index (χ0n) is 13.0. The van der Waals surface area contributed by atoms with Gasteiger partial charge in [-0.1, -0.05) is 6.42 Å². The molecule has 0 bridgehead atoms. The normalized spacial score (nSPS) is 30.9. The SMILES string of the molecule is C[C@@]1(C(=O)N2CCN(C(=O)C3CCC3)CC2)CCCCO1. The van der Waals surface area contributed by atoms with Crippen molar-refractivity contribution < 1.29 is 14.3 Å². The van der Waals surface area contributed by atoms with Crippen molar-refractivity contribution >= 4 is 11.8 Å². The number of hydrogen-bond acceptors (Lipinski definition) is 3. The van der Waals surface area contributed by atoms with Crippen LogP contribution in [0.1, 0.15) is 45.4 Å². The van der Waals surface area contributed by atoms with E-state index in [1.54, 1.807) is 0 Å². The molecule has 2 saturated heterocycles. The van der Waals surface area contributed by atoms with Crippen LogP contribution < -0.4 is 0 Å². The summed E-state index contributed by atoms with van der Waals surface area (Å²) in [5, 5.41) is 0. The molecule has 0 aromatic rings. The van der Waals surface area contributed by atoms with E-state index >= 15 is 0 Å². The maximum Gasteiger partial charge on any atom is 0.254 e. The standard InChI is InChI=1S/C16H26N2O3/c1-16(7-2-3-12-21-16)15(20)18-10-8-17(9-11-18)14(19)13-5-4-6-13/h13H,2-12H2,1H3/t16-/m0/s1. The summed E-state index contributed by atoms with van der Waals surface area (Å²) in [7, 11) is 0. The fourth-order valence-electron chi connectivity index (χ4n) is 3.48. The maximum absolute atomic E-state index is 12.7. The van der Waals surface area contributed by atoms with Crippen molar-refractivity contribution in [1.82, 2.24) is 9.80 Å². The molecule has 21 heavy (non-hydrogen) atoms. The Morgan fingerprint density at radius 1 is 1.00 bits per heavy atom. The van der Waals surface area contributed by atoms with Gasteiger partial charge in [-0.25, -0.2) is 0 Å². The second kappa shape index (κ2) is 5.95. The maximum atomic E-state index is 12.7. The molecule has 5 heteroatoms. The number of hydrogen-bond donors (Lipinski definition) is 0. The number of ether oxygens (including phenoxy) is 1. The number of carbonyl (C=O) groups excluding carboxylic acids is 2. The molecule has 2 aliphatic heterocycles. The Balaban J connectivity index is 1.52. The van der Waals surface area contributed by atoms with Crippen LogP contribution in [-0.2, 0) is 14.3 Å². The number of piperazine rings is 1. The molecule has 0 N–H and O–H groups in total. The van der Waals surface area contributed by atoms with Gasteiger partial charge in [0.15, 0.2) is 0 Å². The van der Waals surface area contributed by atoms with Gasteiger partial charge in [-0.05, 0) is 39.0 Å². The van der Waals surface area contributed by atoms with Crippen molar-refractivity contribution in [1.29, 1.82) is 0 Å². The first kappa shape index (κ1) is 14.8. The van der Waals surface area contributed by atoms with Crippen molar-refractivity contribution in [2.24, 2.45) is 5.92 Å². The van der Waals surface area contributed by atoms with Crippen LogP contribution >= 0.6 is 0 Å². The second-order valence-electron chi connectivity index (χ2n) is 6.78. The van der Waals surface area contributed by atoms with Crippen LogP contribution in [0.2, 0.25) is 0 Å². The summed E-state index contributed by atoms with van der Waals surface area (Å²) >= 11 is 0. The first-order valence-electron chi connectivity index (χ1n) is 8.32. The summed E-state index contributed by atoms with van der Waals surface area (Å²) in [6.45, 7) is 5.25. The van der Waals surface area contributed by atoms with E-state index in [2.05, 4.69) is 0 Å². The molecule has 0 spiro atoms. The molecule has 3 aliphatic rings. The zero-order valence-corrected chi connectivity index (χ0v) is 13.0. The van der Waals surface area contributed by atoms with Crippen LogP contribution in [0.3, 0.4) is 0 Å². The van der Waals surface area contributed by atoms with Crippen LogP contribution in [0.25, 0.3) is 0 Å². The third-order valence-corrected chi connectivity index (χ3v) is 5.25. The summed E-state index contributed by atoms with van der Waals surface area (Å²) < 4.78 is 5.75. The molecular formula is C16H26N2O3. The molecule has 2 amide bonds. The molecule has 2 heterocycles. The lowest BCUT2D eigenvalue weighted by Crippen LogP contribution is -2.58. The van der Waals surface area contributed by atoms with E-state index in [0.29, 0.717) is 38.7 Å². The Kier molecular flexibility index (Phi) is 4.20. The molecule has 3 fully saturated rings. The van der Waals surface area contributed by atoms with Crippen LogP contribution in [0.15, 0.2) is 0 Å². The highest BCUT2D eigenvalue weighted by Crippen LogP contribution is 2.30. The zero-order chi connectivity index (χ0) is 14.9. The van der Waals surface area contributed by atoms with Gasteiger partial charge in [0, 0.05) is 38.7 Å². The lowest BCUT2D eigenvalue weighted by atomic mass is 9.84. The topological polar surface area (TPSA) is 49.9 Å². The van der Waals surface area contributed by atoms with Crippen molar-refractivity contribution in [3.05, 3.63) is 0 Å². The number of carbonyl (C=O) groups is 2. The molecule has 1 atom stereocenters. The molecule has 1 saturated carbocycles. The van der Waals surface area contributed by atoms with E-state index in [-0.39, 0.29) is 11.8 Å². The van der Waals surface area contributed by atoms with E-state index in [9.17, 15) is 9.59 Å². The van der Waals surface area contributed by atoms with E-state index in [1.807, 2.05) is 16.7 Å². The quantitative estimate of drug-likeness (QED) is 0.774. The Morgan fingerprint density at radius 3 is 2.19 bits per heavy atom. The monoisotopic (exact) mass is 294 g/mol. The third kappa shape index (κ3) is 2.93. The van der Waals surface area contributed by atoms with Gasteiger partial charge in [0.25, 0.3) is 5.91 Å². The summed E-state index contributed by atoms with van der Waals surface area (Å²) in [6.07, 6.45) is 6.19.